The predicted octanol–water partition coefficient (Wildman–Crippen LogP) is 1.35. The van der Waals surface area contributed by atoms with E-state index in [9.17, 15) is 14.7 Å². The number of esters is 1. The summed E-state index contributed by atoms with van der Waals surface area (Å²) in [5.74, 6) is -0.638. The zero-order valence-electron chi connectivity index (χ0n) is 12.6. The van der Waals surface area contributed by atoms with Crippen LogP contribution in [0.2, 0.25) is 0 Å². The molecule has 0 spiro atoms. The van der Waals surface area contributed by atoms with Crippen LogP contribution in [0.5, 0.6) is 5.75 Å². The molecule has 0 radical (unpaired) electrons. The van der Waals surface area contributed by atoms with E-state index in [1.807, 2.05) is 0 Å². The molecule has 1 rings (SSSR count). The third kappa shape index (κ3) is 5.07. The van der Waals surface area contributed by atoms with Crippen molar-refractivity contribution in [2.24, 2.45) is 0 Å². The van der Waals surface area contributed by atoms with Gasteiger partial charge in [-0.2, -0.15) is 0 Å². The molecule has 1 amide bonds. The Morgan fingerprint density at radius 3 is 2.62 bits per heavy atom. The number of amides is 1. The summed E-state index contributed by atoms with van der Waals surface area (Å²) < 4.78 is 9.82. The van der Waals surface area contributed by atoms with Crippen LogP contribution in [0, 0.1) is 6.92 Å². The molecule has 1 N–H and O–H groups in total. The van der Waals surface area contributed by atoms with Gasteiger partial charge in [0.05, 0.1) is 13.2 Å². The molecule has 0 saturated heterocycles. The molecule has 0 aliphatic carbocycles. The van der Waals surface area contributed by atoms with Gasteiger partial charge in [0.25, 0.3) is 5.91 Å². The van der Waals surface area contributed by atoms with Crippen molar-refractivity contribution < 1.29 is 24.2 Å². The van der Waals surface area contributed by atoms with Gasteiger partial charge in [-0.15, -0.1) is 0 Å². The number of hydrogen-bond acceptors (Lipinski definition) is 5. The van der Waals surface area contributed by atoms with Crippen LogP contribution in [0.15, 0.2) is 18.2 Å². The summed E-state index contributed by atoms with van der Waals surface area (Å²) in [6, 6.07) is 4.57. The van der Waals surface area contributed by atoms with Gasteiger partial charge in [-0.25, -0.2) is 0 Å². The first kappa shape index (κ1) is 17.0. The molecule has 0 bridgehead atoms. The Bertz CT molecular complexity index is 501. The van der Waals surface area contributed by atoms with Crippen molar-refractivity contribution in [2.45, 2.75) is 13.8 Å². The molecule has 0 aromatic heterocycles. The Morgan fingerprint density at radius 1 is 1.33 bits per heavy atom. The fourth-order valence-electron chi connectivity index (χ4n) is 1.79. The van der Waals surface area contributed by atoms with Gasteiger partial charge in [0.15, 0.2) is 0 Å². The van der Waals surface area contributed by atoms with E-state index in [4.69, 9.17) is 9.47 Å². The standard InChI is InChI=1S/C15H21NO5/c1-4-21-14(18)10-16(7-8-20-3)15(19)12-5-6-13(17)11(2)9-12/h5-6,9,17H,4,7-8,10H2,1-3H3. The molecule has 0 fully saturated rings. The van der Waals surface area contributed by atoms with Gasteiger partial charge < -0.3 is 19.5 Å². The summed E-state index contributed by atoms with van der Waals surface area (Å²) in [5.41, 5.74) is 1.01. The number of aryl methyl sites for hydroxylation is 1. The van der Waals surface area contributed by atoms with E-state index < -0.39 is 5.97 Å². The van der Waals surface area contributed by atoms with Gasteiger partial charge in [0, 0.05) is 19.2 Å². The number of nitrogens with zero attached hydrogens (tertiary/aromatic N) is 1. The van der Waals surface area contributed by atoms with Gasteiger partial charge >= 0.3 is 5.97 Å². The van der Waals surface area contributed by atoms with Gasteiger partial charge in [-0.1, -0.05) is 0 Å². The Balaban J connectivity index is 2.87. The number of carbonyl (C=O) groups is 2. The van der Waals surface area contributed by atoms with E-state index >= 15 is 0 Å². The summed E-state index contributed by atoms with van der Waals surface area (Å²) in [7, 11) is 1.53. The van der Waals surface area contributed by atoms with Crippen LogP contribution in [0.3, 0.4) is 0 Å². The van der Waals surface area contributed by atoms with Crippen molar-refractivity contribution in [1.82, 2.24) is 4.90 Å². The zero-order valence-corrected chi connectivity index (χ0v) is 12.6. The second-order valence-electron chi connectivity index (χ2n) is 4.53. The molecule has 21 heavy (non-hydrogen) atoms. The maximum absolute atomic E-state index is 12.4. The summed E-state index contributed by atoms with van der Waals surface area (Å²) in [6.45, 7) is 4.16. The smallest absolute Gasteiger partial charge is 0.325 e. The lowest BCUT2D eigenvalue weighted by molar-refractivity contribution is -0.143. The Labute approximate surface area is 124 Å². The number of phenolic OH excluding ortho intramolecular Hbond substituents is 1. The summed E-state index contributed by atoms with van der Waals surface area (Å²) in [5, 5.41) is 9.50. The van der Waals surface area contributed by atoms with Gasteiger partial charge in [0.2, 0.25) is 0 Å². The SMILES string of the molecule is CCOC(=O)CN(CCOC)C(=O)c1ccc(O)c(C)c1. The molecule has 116 valence electrons. The van der Waals surface area contributed by atoms with Gasteiger partial charge in [-0.3, -0.25) is 9.59 Å². The van der Waals surface area contributed by atoms with Crippen LogP contribution in [-0.2, 0) is 14.3 Å². The average Bonchev–Trinajstić information content (AvgIpc) is 2.46. The predicted molar refractivity (Wildman–Crippen MR) is 77.3 cm³/mol. The number of hydrogen-bond donors (Lipinski definition) is 1. The van der Waals surface area contributed by atoms with Crippen LogP contribution in [0.25, 0.3) is 0 Å². The molecule has 0 saturated carbocycles. The molecule has 1 aromatic rings. The molecular weight excluding hydrogens is 274 g/mol. The number of ether oxygens (including phenoxy) is 2. The molecule has 6 heteroatoms. The fraction of sp³-hybridized carbons (Fsp3) is 0.467. The Kier molecular flexibility index (Phi) is 6.68. The highest BCUT2D eigenvalue weighted by Gasteiger charge is 2.19. The van der Waals surface area contributed by atoms with Crippen molar-refractivity contribution in [3.05, 3.63) is 29.3 Å². The van der Waals surface area contributed by atoms with Crippen LogP contribution in [0.4, 0.5) is 0 Å². The van der Waals surface area contributed by atoms with E-state index in [2.05, 4.69) is 0 Å². The van der Waals surface area contributed by atoms with Crippen LogP contribution < -0.4 is 0 Å². The summed E-state index contributed by atoms with van der Waals surface area (Å²) in [6.07, 6.45) is 0. The first-order valence-electron chi connectivity index (χ1n) is 6.73. The van der Waals surface area contributed by atoms with Gasteiger partial charge in [0.1, 0.15) is 12.3 Å². The molecule has 0 unspecified atom stereocenters. The molecular formula is C15H21NO5. The van der Waals surface area contributed by atoms with Crippen molar-refractivity contribution in [3.63, 3.8) is 0 Å². The van der Waals surface area contributed by atoms with E-state index in [0.29, 0.717) is 17.7 Å². The Hall–Kier alpha value is -2.08. The van der Waals surface area contributed by atoms with Crippen LogP contribution >= 0.6 is 0 Å². The maximum atomic E-state index is 12.4. The van der Waals surface area contributed by atoms with Crippen LogP contribution in [-0.4, -0.2) is 55.3 Å². The molecule has 0 atom stereocenters. The summed E-state index contributed by atoms with van der Waals surface area (Å²) in [4.78, 5) is 25.4. The number of methoxy groups -OCH3 is 1. The molecule has 6 nitrogen and oxygen atoms in total. The lowest BCUT2D eigenvalue weighted by atomic mass is 10.1. The number of rotatable bonds is 7. The highest BCUT2D eigenvalue weighted by Crippen LogP contribution is 2.18. The van der Waals surface area contributed by atoms with E-state index in [1.165, 1.54) is 24.1 Å². The highest BCUT2D eigenvalue weighted by molar-refractivity contribution is 5.96. The number of aromatic hydroxyl groups is 1. The quantitative estimate of drug-likeness (QED) is 0.768. The van der Waals surface area contributed by atoms with E-state index in [1.54, 1.807) is 19.9 Å². The molecule has 1 aromatic carbocycles. The lowest BCUT2D eigenvalue weighted by Gasteiger charge is -2.21. The minimum atomic E-state index is -0.461. The molecule has 0 aliphatic heterocycles. The number of phenols is 1. The minimum Gasteiger partial charge on any atom is -0.508 e. The summed E-state index contributed by atoms with van der Waals surface area (Å²) >= 11 is 0. The van der Waals surface area contributed by atoms with Gasteiger partial charge in [-0.05, 0) is 37.6 Å². The van der Waals surface area contributed by atoms with Crippen molar-refractivity contribution in [1.29, 1.82) is 0 Å². The molecule has 0 heterocycles. The van der Waals surface area contributed by atoms with Crippen molar-refractivity contribution in [3.8, 4) is 5.75 Å². The number of benzene rings is 1. The first-order chi connectivity index (χ1) is 9.99. The Morgan fingerprint density at radius 2 is 2.05 bits per heavy atom. The fourth-order valence-corrected chi connectivity index (χ4v) is 1.79. The first-order valence-corrected chi connectivity index (χ1v) is 6.73. The largest absolute Gasteiger partial charge is 0.508 e. The highest BCUT2D eigenvalue weighted by atomic mass is 16.5. The van der Waals surface area contributed by atoms with Crippen molar-refractivity contribution >= 4 is 11.9 Å². The van der Waals surface area contributed by atoms with E-state index in [-0.39, 0.29) is 31.4 Å². The maximum Gasteiger partial charge on any atom is 0.325 e. The normalized spacial score (nSPS) is 10.2. The average molecular weight is 295 g/mol. The number of carbonyl (C=O) groups excluding carboxylic acids is 2. The van der Waals surface area contributed by atoms with Crippen molar-refractivity contribution in [2.75, 3.05) is 33.4 Å². The van der Waals surface area contributed by atoms with Crippen LogP contribution in [0.1, 0.15) is 22.8 Å². The monoisotopic (exact) mass is 295 g/mol. The zero-order chi connectivity index (χ0) is 15.8. The third-order valence-corrected chi connectivity index (χ3v) is 2.92. The third-order valence-electron chi connectivity index (χ3n) is 2.92. The topological polar surface area (TPSA) is 76.1 Å². The van der Waals surface area contributed by atoms with E-state index in [0.717, 1.165) is 0 Å². The minimum absolute atomic E-state index is 0.125. The molecule has 0 aliphatic rings. The lowest BCUT2D eigenvalue weighted by Crippen LogP contribution is -2.38. The second-order valence-corrected chi connectivity index (χ2v) is 4.53. The second kappa shape index (κ2) is 8.26.